The third-order valence-corrected chi connectivity index (χ3v) is 4.79. The van der Waals surface area contributed by atoms with Gasteiger partial charge >= 0.3 is 0 Å². The molecule has 0 bridgehead atoms. The van der Waals surface area contributed by atoms with Crippen LogP contribution in [0.1, 0.15) is 44.7 Å². The lowest BCUT2D eigenvalue weighted by atomic mass is 9.99. The third-order valence-electron chi connectivity index (χ3n) is 4.79. The molecule has 1 amide bonds. The molecule has 128 valence electrons. The van der Waals surface area contributed by atoms with E-state index in [2.05, 4.69) is 41.4 Å². The minimum Gasteiger partial charge on any atom is -0.351 e. The summed E-state index contributed by atoms with van der Waals surface area (Å²) in [6, 6.07) is 8.10. The van der Waals surface area contributed by atoms with Gasteiger partial charge in [0.05, 0.1) is 6.04 Å². The second kappa shape index (κ2) is 8.46. The van der Waals surface area contributed by atoms with Crippen LogP contribution in [-0.2, 0) is 17.9 Å². The summed E-state index contributed by atoms with van der Waals surface area (Å²) in [7, 11) is 0. The quantitative estimate of drug-likeness (QED) is 0.847. The Morgan fingerprint density at radius 3 is 2.35 bits per heavy atom. The molecular weight excluding hydrogens is 286 g/mol. The number of carbonyl (C=O) groups excluding carboxylic acids is 1. The highest BCUT2D eigenvalue weighted by molar-refractivity contribution is 5.81. The molecule has 1 aliphatic rings. The standard InChI is InChI=1S/C19H31N3O/c1-14(2)18(20)19(23)21-12-16-4-6-17(7-5-16)13-22-10-8-15(3)9-11-22/h4-7,14-15,18H,8-13,20H2,1-3H3,(H,21,23)/t18-/m0/s1. The topological polar surface area (TPSA) is 58.4 Å². The van der Waals surface area contributed by atoms with E-state index in [0.29, 0.717) is 6.54 Å². The highest BCUT2D eigenvalue weighted by Crippen LogP contribution is 2.18. The molecule has 0 radical (unpaired) electrons. The van der Waals surface area contributed by atoms with Gasteiger partial charge in [-0.15, -0.1) is 0 Å². The van der Waals surface area contributed by atoms with E-state index in [1.807, 2.05) is 13.8 Å². The predicted octanol–water partition coefficient (Wildman–Crippen LogP) is 2.52. The molecule has 23 heavy (non-hydrogen) atoms. The summed E-state index contributed by atoms with van der Waals surface area (Å²) in [5.74, 6) is 0.950. The molecule has 1 aliphatic heterocycles. The van der Waals surface area contributed by atoms with Crippen LogP contribution in [0.15, 0.2) is 24.3 Å². The Morgan fingerprint density at radius 2 is 1.78 bits per heavy atom. The van der Waals surface area contributed by atoms with Crippen LogP contribution in [0.2, 0.25) is 0 Å². The number of carbonyl (C=O) groups is 1. The first-order chi connectivity index (χ1) is 11.0. The summed E-state index contributed by atoms with van der Waals surface area (Å²) in [6.45, 7) is 10.2. The second-order valence-corrected chi connectivity index (χ2v) is 7.26. The summed E-state index contributed by atoms with van der Waals surface area (Å²) < 4.78 is 0. The van der Waals surface area contributed by atoms with E-state index in [4.69, 9.17) is 5.73 Å². The molecule has 1 saturated heterocycles. The van der Waals surface area contributed by atoms with Gasteiger partial charge in [0.15, 0.2) is 0 Å². The van der Waals surface area contributed by atoms with Gasteiger partial charge in [0.2, 0.25) is 5.91 Å². The maximum atomic E-state index is 11.9. The van der Waals surface area contributed by atoms with E-state index < -0.39 is 6.04 Å². The molecule has 4 heteroatoms. The number of piperidine rings is 1. The van der Waals surface area contributed by atoms with Crippen molar-refractivity contribution in [3.63, 3.8) is 0 Å². The van der Waals surface area contributed by atoms with E-state index in [9.17, 15) is 4.79 Å². The average molecular weight is 317 g/mol. The zero-order valence-electron chi connectivity index (χ0n) is 14.7. The molecule has 0 aromatic heterocycles. The van der Waals surface area contributed by atoms with Gasteiger partial charge in [-0.2, -0.15) is 0 Å². The number of rotatable bonds is 6. The normalized spacial score (nSPS) is 18.1. The van der Waals surface area contributed by atoms with Crippen LogP contribution >= 0.6 is 0 Å². The molecule has 2 rings (SSSR count). The Labute approximate surface area is 140 Å². The predicted molar refractivity (Wildman–Crippen MR) is 94.8 cm³/mol. The number of hydrogen-bond acceptors (Lipinski definition) is 3. The lowest BCUT2D eigenvalue weighted by Gasteiger charge is -2.30. The minimum atomic E-state index is -0.434. The van der Waals surface area contributed by atoms with E-state index >= 15 is 0 Å². The minimum absolute atomic E-state index is 0.0773. The van der Waals surface area contributed by atoms with Gasteiger partial charge in [0, 0.05) is 13.1 Å². The van der Waals surface area contributed by atoms with Crippen LogP contribution in [0, 0.1) is 11.8 Å². The Hall–Kier alpha value is -1.39. The smallest absolute Gasteiger partial charge is 0.237 e. The van der Waals surface area contributed by atoms with Crippen molar-refractivity contribution >= 4 is 5.91 Å². The van der Waals surface area contributed by atoms with Crippen LogP contribution in [0.5, 0.6) is 0 Å². The fraction of sp³-hybridized carbons (Fsp3) is 0.632. The Bertz CT molecular complexity index is 490. The van der Waals surface area contributed by atoms with Gasteiger partial charge in [-0.25, -0.2) is 0 Å². The van der Waals surface area contributed by atoms with Crippen LogP contribution in [0.25, 0.3) is 0 Å². The Kier molecular flexibility index (Phi) is 6.60. The van der Waals surface area contributed by atoms with E-state index in [1.54, 1.807) is 0 Å². The fourth-order valence-corrected chi connectivity index (χ4v) is 2.85. The first-order valence-electron chi connectivity index (χ1n) is 8.79. The van der Waals surface area contributed by atoms with E-state index in [-0.39, 0.29) is 11.8 Å². The molecular formula is C19H31N3O. The second-order valence-electron chi connectivity index (χ2n) is 7.26. The van der Waals surface area contributed by atoms with Crippen molar-refractivity contribution in [1.29, 1.82) is 0 Å². The molecule has 0 spiro atoms. The van der Waals surface area contributed by atoms with Crippen molar-refractivity contribution in [2.75, 3.05) is 13.1 Å². The van der Waals surface area contributed by atoms with Gasteiger partial charge in [-0.05, 0) is 48.9 Å². The largest absolute Gasteiger partial charge is 0.351 e. The van der Waals surface area contributed by atoms with Crippen molar-refractivity contribution in [3.8, 4) is 0 Å². The monoisotopic (exact) mass is 317 g/mol. The molecule has 1 heterocycles. The fourth-order valence-electron chi connectivity index (χ4n) is 2.85. The zero-order valence-corrected chi connectivity index (χ0v) is 14.7. The van der Waals surface area contributed by atoms with E-state index in [1.165, 1.54) is 31.5 Å². The number of benzene rings is 1. The first-order valence-corrected chi connectivity index (χ1v) is 8.79. The summed E-state index contributed by atoms with van der Waals surface area (Å²) in [5.41, 5.74) is 8.30. The van der Waals surface area contributed by atoms with Crippen LogP contribution in [0.4, 0.5) is 0 Å². The summed E-state index contributed by atoms with van der Waals surface area (Å²) in [5, 5.41) is 2.91. The summed E-state index contributed by atoms with van der Waals surface area (Å²) in [6.07, 6.45) is 2.61. The van der Waals surface area contributed by atoms with Crippen LogP contribution < -0.4 is 11.1 Å². The zero-order chi connectivity index (χ0) is 16.8. The van der Waals surface area contributed by atoms with Gasteiger partial charge in [0.25, 0.3) is 0 Å². The lowest BCUT2D eigenvalue weighted by Crippen LogP contribution is -2.43. The number of nitrogens with one attached hydrogen (secondary N) is 1. The SMILES string of the molecule is CC1CCN(Cc2ccc(CNC(=O)[C@@H](N)C(C)C)cc2)CC1. The first kappa shape index (κ1) is 18.0. The number of hydrogen-bond donors (Lipinski definition) is 2. The van der Waals surface area contributed by atoms with Crippen molar-refractivity contribution < 1.29 is 4.79 Å². The van der Waals surface area contributed by atoms with E-state index in [0.717, 1.165) is 18.0 Å². The molecule has 0 saturated carbocycles. The van der Waals surface area contributed by atoms with Gasteiger partial charge < -0.3 is 11.1 Å². The number of likely N-dealkylation sites (tertiary alicyclic amines) is 1. The molecule has 4 nitrogen and oxygen atoms in total. The highest BCUT2D eigenvalue weighted by atomic mass is 16.2. The number of nitrogens with two attached hydrogens (primary N) is 1. The number of amides is 1. The number of nitrogens with zero attached hydrogens (tertiary/aromatic N) is 1. The van der Waals surface area contributed by atoms with Crippen molar-refractivity contribution in [2.24, 2.45) is 17.6 Å². The van der Waals surface area contributed by atoms with Crippen molar-refractivity contribution in [3.05, 3.63) is 35.4 Å². The van der Waals surface area contributed by atoms with Gasteiger partial charge in [0.1, 0.15) is 0 Å². The average Bonchev–Trinajstić information content (AvgIpc) is 2.55. The highest BCUT2D eigenvalue weighted by Gasteiger charge is 2.17. The summed E-state index contributed by atoms with van der Waals surface area (Å²) in [4.78, 5) is 14.4. The van der Waals surface area contributed by atoms with Gasteiger partial charge in [-0.3, -0.25) is 9.69 Å². The maximum Gasteiger partial charge on any atom is 0.237 e. The molecule has 1 aromatic rings. The van der Waals surface area contributed by atoms with Crippen molar-refractivity contribution in [1.82, 2.24) is 10.2 Å². The molecule has 1 fully saturated rings. The van der Waals surface area contributed by atoms with Crippen LogP contribution in [-0.4, -0.2) is 29.9 Å². The molecule has 3 N–H and O–H groups in total. The summed E-state index contributed by atoms with van der Waals surface area (Å²) >= 11 is 0. The Morgan fingerprint density at radius 1 is 1.22 bits per heavy atom. The third kappa shape index (κ3) is 5.63. The molecule has 1 atom stereocenters. The van der Waals surface area contributed by atoms with Gasteiger partial charge in [-0.1, -0.05) is 45.0 Å². The van der Waals surface area contributed by atoms with Crippen LogP contribution in [0.3, 0.4) is 0 Å². The Balaban J connectivity index is 1.79. The lowest BCUT2D eigenvalue weighted by molar-refractivity contribution is -0.123. The molecule has 0 aliphatic carbocycles. The molecule has 1 aromatic carbocycles. The molecule has 0 unspecified atom stereocenters. The van der Waals surface area contributed by atoms with Crippen molar-refractivity contribution in [2.45, 2.75) is 52.7 Å². The maximum absolute atomic E-state index is 11.9.